The highest BCUT2D eigenvalue weighted by molar-refractivity contribution is 9.10. The van der Waals surface area contributed by atoms with Crippen molar-refractivity contribution in [1.29, 1.82) is 0 Å². The Bertz CT molecular complexity index is 330. The minimum atomic E-state index is 0.520. The number of aryl methyl sites for hydroxylation is 1. The van der Waals surface area contributed by atoms with Crippen LogP contribution in [0.15, 0.2) is 16.7 Å². The van der Waals surface area contributed by atoms with Gasteiger partial charge in [0.05, 0.1) is 5.69 Å². The van der Waals surface area contributed by atoms with Crippen LogP contribution in [0.2, 0.25) is 0 Å². The topological polar surface area (TPSA) is 22.1 Å². The zero-order valence-electron chi connectivity index (χ0n) is 7.30. The number of rotatable bonds is 1. The molecule has 0 saturated carbocycles. The minimum Gasteiger partial charge on any atom is -0.440 e. The standard InChI is InChI=1S/C8H10BrNOS2/c1-5-6(11-8(12)13-2)3-4-7(9)10-5/h3-4H,13H2,1-2H3. The van der Waals surface area contributed by atoms with Crippen molar-refractivity contribution in [2.45, 2.75) is 6.92 Å². The van der Waals surface area contributed by atoms with Crippen LogP contribution in [-0.2, 0) is 0 Å². The Hall–Kier alpha value is -0.130. The average Bonchev–Trinajstić information content (AvgIpc) is 2.09. The predicted molar refractivity (Wildman–Crippen MR) is 66.2 cm³/mol. The first-order valence-corrected chi connectivity index (χ1v) is 6.36. The number of ether oxygens (including phenoxy) is 1. The molecular weight excluding hydrogens is 270 g/mol. The third kappa shape index (κ3) is 3.25. The molecule has 0 amide bonds. The van der Waals surface area contributed by atoms with Crippen molar-refractivity contribution in [3.8, 4) is 5.75 Å². The van der Waals surface area contributed by atoms with Crippen molar-refractivity contribution in [3.05, 3.63) is 22.4 Å². The highest BCUT2D eigenvalue weighted by atomic mass is 79.9. The predicted octanol–water partition coefficient (Wildman–Crippen LogP) is 2.64. The number of hydrogen-bond donors (Lipinski definition) is 0. The molecule has 1 rings (SSSR count). The number of halogens is 1. The summed E-state index contributed by atoms with van der Waals surface area (Å²) in [5.74, 6) is 0.738. The molecule has 0 spiro atoms. The van der Waals surface area contributed by atoms with Gasteiger partial charge in [-0.1, -0.05) is 0 Å². The van der Waals surface area contributed by atoms with E-state index >= 15 is 0 Å². The van der Waals surface area contributed by atoms with Gasteiger partial charge >= 0.3 is 0 Å². The molecule has 0 aliphatic carbocycles. The molecule has 0 unspecified atom stereocenters. The molecular formula is C8H10BrNOS2. The summed E-state index contributed by atoms with van der Waals surface area (Å²) < 4.78 is 6.84. The van der Waals surface area contributed by atoms with Gasteiger partial charge in [0, 0.05) is 0 Å². The fourth-order valence-corrected chi connectivity index (χ4v) is 1.48. The van der Waals surface area contributed by atoms with Crippen LogP contribution in [0.4, 0.5) is 0 Å². The Labute approximate surface area is 95.2 Å². The van der Waals surface area contributed by atoms with Crippen molar-refractivity contribution in [1.82, 2.24) is 4.98 Å². The van der Waals surface area contributed by atoms with Crippen molar-refractivity contribution in [3.63, 3.8) is 0 Å². The summed E-state index contributed by atoms with van der Waals surface area (Å²) in [4.78, 5) is 4.20. The number of aromatic nitrogens is 1. The maximum Gasteiger partial charge on any atom is 0.203 e. The summed E-state index contributed by atoms with van der Waals surface area (Å²) in [5.41, 5.74) is 0.843. The second-order valence-corrected chi connectivity index (χ2v) is 4.86. The third-order valence-electron chi connectivity index (χ3n) is 1.41. The van der Waals surface area contributed by atoms with Gasteiger partial charge in [-0.3, -0.25) is 0 Å². The van der Waals surface area contributed by atoms with E-state index < -0.39 is 0 Å². The summed E-state index contributed by atoms with van der Waals surface area (Å²) in [6.07, 6.45) is 1.99. The van der Waals surface area contributed by atoms with E-state index in [1.54, 1.807) is 0 Å². The van der Waals surface area contributed by atoms with Gasteiger partial charge in [-0.05, 0) is 53.5 Å². The largest absolute Gasteiger partial charge is 0.440 e. The van der Waals surface area contributed by atoms with Crippen LogP contribution in [0.1, 0.15) is 5.69 Å². The maximum absolute atomic E-state index is 5.41. The van der Waals surface area contributed by atoms with E-state index in [1.807, 2.05) is 25.3 Å². The van der Waals surface area contributed by atoms with Crippen molar-refractivity contribution in [2.24, 2.45) is 0 Å². The van der Waals surface area contributed by atoms with Crippen molar-refractivity contribution in [2.75, 3.05) is 6.26 Å². The van der Waals surface area contributed by atoms with Gasteiger partial charge in [0.25, 0.3) is 0 Å². The summed E-state index contributed by atoms with van der Waals surface area (Å²) in [6.45, 7) is 1.89. The summed E-state index contributed by atoms with van der Waals surface area (Å²) in [7, 11) is 0. The molecule has 0 aliphatic rings. The molecule has 0 radical (unpaired) electrons. The van der Waals surface area contributed by atoms with Crippen LogP contribution in [0.5, 0.6) is 5.75 Å². The Morgan fingerprint density at radius 1 is 1.62 bits per heavy atom. The first-order valence-electron chi connectivity index (χ1n) is 3.66. The van der Waals surface area contributed by atoms with Crippen LogP contribution in [0, 0.1) is 6.92 Å². The lowest BCUT2D eigenvalue weighted by atomic mass is 10.3. The highest BCUT2D eigenvalue weighted by Gasteiger charge is 2.02. The molecule has 1 heterocycles. The Morgan fingerprint density at radius 3 is 2.85 bits per heavy atom. The number of nitrogens with zero attached hydrogens (tertiary/aromatic N) is 1. The van der Waals surface area contributed by atoms with Crippen molar-refractivity contribution >= 4 is 44.3 Å². The molecule has 1 aromatic rings. The van der Waals surface area contributed by atoms with Gasteiger partial charge in [0.15, 0.2) is 0 Å². The monoisotopic (exact) mass is 279 g/mol. The molecule has 0 saturated heterocycles. The lowest BCUT2D eigenvalue weighted by Gasteiger charge is -2.07. The zero-order valence-corrected chi connectivity index (χ0v) is 10.7. The van der Waals surface area contributed by atoms with Gasteiger partial charge in [0.2, 0.25) is 4.38 Å². The third-order valence-corrected chi connectivity index (χ3v) is 3.06. The summed E-state index contributed by atoms with van der Waals surface area (Å²) in [5, 5.41) is 0. The van der Waals surface area contributed by atoms with E-state index in [0.29, 0.717) is 16.1 Å². The van der Waals surface area contributed by atoms with Crippen LogP contribution in [0.25, 0.3) is 0 Å². The normalized spacial score (nSPS) is 11.3. The van der Waals surface area contributed by atoms with E-state index in [0.717, 1.165) is 16.0 Å². The first-order chi connectivity index (χ1) is 6.13. The van der Waals surface area contributed by atoms with E-state index in [-0.39, 0.29) is 0 Å². The first kappa shape index (κ1) is 10.9. The Kier molecular flexibility index (Phi) is 4.15. The molecule has 13 heavy (non-hydrogen) atoms. The van der Waals surface area contributed by atoms with Gasteiger partial charge in [0.1, 0.15) is 10.4 Å². The van der Waals surface area contributed by atoms with E-state index in [4.69, 9.17) is 17.0 Å². The molecule has 0 N–H and O–H groups in total. The minimum absolute atomic E-state index is 0.520. The van der Waals surface area contributed by atoms with E-state index in [2.05, 4.69) is 20.9 Å². The summed E-state index contributed by atoms with van der Waals surface area (Å²) in [6, 6.07) is 3.70. The second kappa shape index (κ2) is 4.93. The maximum atomic E-state index is 5.41. The SMILES string of the molecule is C[SH2]C(=S)Oc1ccc(Br)nc1C. The zero-order chi connectivity index (χ0) is 9.84. The smallest absolute Gasteiger partial charge is 0.203 e. The molecule has 1 aromatic heterocycles. The molecule has 0 bridgehead atoms. The lowest BCUT2D eigenvalue weighted by Crippen LogP contribution is -2.01. The number of hydrogen-bond acceptors (Lipinski definition) is 3. The number of thiocarbonyl (C=S) groups is 1. The van der Waals surface area contributed by atoms with E-state index in [9.17, 15) is 0 Å². The molecule has 5 heteroatoms. The average molecular weight is 280 g/mol. The molecule has 0 atom stereocenters. The van der Waals surface area contributed by atoms with Crippen LogP contribution in [0.3, 0.4) is 0 Å². The van der Waals surface area contributed by atoms with E-state index in [1.165, 1.54) is 0 Å². The van der Waals surface area contributed by atoms with Crippen molar-refractivity contribution < 1.29 is 4.74 Å². The molecule has 0 aliphatic heterocycles. The summed E-state index contributed by atoms with van der Waals surface area (Å²) >= 11 is 8.78. The van der Waals surface area contributed by atoms with Crippen LogP contribution in [-0.4, -0.2) is 15.6 Å². The molecule has 0 aromatic carbocycles. The fraction of sp³-hybridized carbons (Fsp3) is 0.250. The molecule has 72 valence electrons. The van der Waals surface area contributed by atoms with Gasteiger partial charge in [-0.25, -0.2) is 4.98 Å². The highest BCUT2D eigenvalue weighted by Crippen LogP contribution is 2.20. The van der Waals surface area contributed by atoms with Crippen LogP contribution < -0.4 is 4.74 Å². The fourth-order valence-electron chi connectivity index (χ4n) is 0.776. The van der Waals surface area contributed by atoms with Gasteiger partial charge in [-0.2, -0.15) is 11.8 Å². The Balaban J connectivity index is 2.83. The quantitative estimate of drug-likeness (QED) is 0.583. The second-order valence-electron chi connectivity index (χ2n) is 2.36. The lowest BCUT2D eigenvalue weighted by molar-refractivity contribution is 0.569. The van der Waals surface area contributed by atoms with Crippen LogP contribution >= 0.6 is 39.9 Å². The van der Waals surface area contributed by atoms with Gasteiger partial charge in [-0.15, -0.1) is 0 Å². The molecule has 0 fully saturated rings. The number of pyridine rings is 1. The molecule has 2 nitrogen and oxygen atoms in total. The van der Waals surface area contributed by atoms with Gasteiger partial charge < -0.3 is 4.74 Å². The Morgan fingerprint density at radius 2 is 2.31 bits per heavy atom.